The van der Waals surface area contributed by atoms with Gasteiger partial charge in [0.25, 0.3) is 0 Å². The van der Waals surface area contributed by atoms with E-state index in [0.717, 1.165) is 0 Å². The Labute approximate surface area is 106 Å². The summed E-state index contributed by atoms with van der Waals surface area (Å²) in [6.07, 6.45) is 0. The summed E-state index contributed by atoms with van der Waals surface area (Å²) in [7, 11) is 1.54. The summed E-state index contributed by atoms with van der Waals surface area (Å²) >= 11 is 0. The average molecular weight is 244 g/mol. The standard InChI is InChI=1S/C15H16O3/c1-18-14-10-6-5-9-13(14)15(17,11-16)12-7-3-2-4-8-12/h2-10,16-17H,11H2,1H3/t15-/m0/s1. The minimum Gasteiger partial charge on any atom is -0.496 e. The molecule has 3 heteroatoms. The van der Waals surface area contributed by atoms with E-state index in [2.05, 4.69) is 0 Å². The second-order valence-electron chi connectivity index (χ2n) is 4.08. The second-order valence-corrected chi connectivity index (χ2v) is 4.08. The largest absolute Gasteiger partial charge is 0.496 e. The molecule has 0 spiro atoms. The van der Waals surface area contributed by atoms with Gasteiger partial charge in [0.2, 0.25) is 0 Å². The van der Waals surface area contributed by atoms with E-state index in [-0.39, 0.29) is 0 Å². The zero-order valence-electron chi connectivity index (χ0n) is 10.2. The maximum atomic E-state index is 10.7. The van der Waals surface area contributed by atoms with Gasteiger partial charge in [-0.25, -0.2) is 0 Å². The molecule has 0 amide bonds. The topological polar surface area (TPSA) is 49.7 Å². The Balaban J connectivity index is 2.57. The first kappa shape index (κ1) is 12.6. The van der Waals surface area contributed by atoms with Crippen molar-refractivity contribution >= 4 is 0 Å². The molecule has 0 saturated heterocycles. The van der Waals surface area contributed by atoms with Gasteiger partial charge < -0.3 is 14.9 Å². The first-order valence-corrected chi connectivity index (χ1v) is 5.74. The van der Waals surface area contributed by atoms with E-state index in [1.165, 1.54) is 0 Å². The summed E-state index contributed by atoms with van der Waals surface area (Å²) in [5.74, 6) is 0.554. The van der Waals surface area contributed by atoms with Gasteiger partial charge in [0, 0.05) is 5.56 Å². The van der Waals surface area contributed by atoms with Crippen molar-refractivity contribution in [3.8, 4) is 5.75 Å². The van der Waals surface area contributed by atoms with Crippen LogP contribution in [0.4, 0.5) is 0 Å². The molecule has 0 unspecified atom stereocenters. The van der Waals surface area contributed by atoms with Crippen molar-refractivity contribution in [2.24, 2.45) is 0 Å². The molecular formula is C15H16O3. The molecule has 0 saturated carbocycles. The van der Waals surface area contributed by atoms with Gasteiger partial charge in [0.15, 0.2) is 0 Å². The van der Waals surface area contributed by atoms with E-state index < -0.39 is 12.2 Å². The molecule has 18 heavy (non-hydrogen) atoms. The third kappa shape index (κ3) is 2.10. The molecule has 0 fully saturated rings. The van der Waals surface area contributed by atoms with Crippen molar-refractivity contribution in [3.05, 3.63) is 65.7 Å². The Morgan fingerprint density at radius 2 is 1.61 bits per heavy atom. The smallest absolute Gasteiger partial charge is 0.141 e. The van der Waals surface area contributed by atoms with Crippen LogP contribution in [0.2, 0.25) is 0 Å². The number of rotatable bonds is 4. The Kier molecular flexibility index (Phi) is 3.65. The van der Waals surface area contributed by atoms with Gasteiger partial charge >= 0.3 is 0 Å². The number of hydrogen-bond acceptors (Lipinski definition) is 3. The van der Waals surface area contributed by atoms with E-state index >= 15 is 0 Å². The van der Waals surface area contributed by atoms with E-state index in [4.69, 9.17) is 4.74 Å². The van der Waals surface area contributed by atoms with Crippen LogP contribution in [0.25, 0.3) is 0 Å². The molecule has 2 N–H and O–H groups in total. The zero-order chi connectivity index (χ0) is 13.0. The van der Waals surface area contributed by atoms with Crippen molar-refractivity contribution in [3.63, 3.8) is 0 Å². The lowest BCUT2D eigenvalue weighted by Gasteiger charge is -2.28. The Morgan fingerprint density at radius 1 is 1.00 bits per heavy atom. The Bertz CT molecular complexity index is 510. The second kappa shape index (κ2) is 5.21. The molecule has 1 atom stereocenters. The number of aliphatic hydroxyl groups excluding tert-OH is 1. The maximum Gasteiger partial charge on any atom is 0.141 e. The van der Waals surface area contributed by atoms with E-state index in [1.54, 1.807) is 37.4 Å². The highest BCUT2D eigenvalue weighted by atomic mass is 16.5. The summed E-state index contributed by atoms with van der Waals surface area (Å²) in [6, 6.07) is 16.2. The summed E-state index contributed by atoms with van der Waals surface area (Å²) in [4.78, 5) is 0. The van der Waals surface area contributed by atoms with Crippen LogP contribution in [0.15, 0.2) is 54.6 Å². The Morgan fingerprint density at radius 3 is 2.22 bits per heavy atom. The fourth-order valence-electron chi connectivity index (χ4n) is 2.03. The van der Waals surface area contributed by atoms with Crippen molar-refractivity contribution < 1.29 is 14.9 Å². The van der Waals surface area contributed by atoms with Gasteiger partial charge in [-0.05, 0) is 11.6 Å². The van der Waals surface area contributed by atoms with Crippen LogP contribution in [0, 0.1) is 0 Å². The molecule has 94 valence electrons. The molecule has 0 aliphatic rings. The third-order valence-corrected chi connectivity index (χ3v) is 3.03. The van der Waals surface area contributed by atoms with E-state index in [1.807, 2.05) is 24.3 Å². The van der Waals surface area contributed by atoms with E-state index in [0.29, 0.717) is 16.9 Å². The number of para-hydroxylation sites is 1. The third-order valence-electron chi connectivity index (χ3n) is 3.03. The van der Waals surface area contributed by atoms with Gasteiger partial charge in [-0.2, -0.15) is 0 Å². The highest BCUT2D eigenvalue weighted by Crippen LogP contribution is 2.34. The van der Waals surface area contributed by atoms with Crippen molar-refractivity contribution in [2.75, 3.05) is 13.7 Å². The molecule has 0 aromatic heterocycles. The quantitative estimate of drug-likeness (QED) is 0.864. The first-order chi connectivity index (χ1) is 8.72. The Hall–Kier alpha value is -1.84. The zero-order valence-corrected chi connectivity index (χ0v) is 10.2. The lowest BCUT2D eigenvalue weighted by atomic mass is 9.86. The molecule has 0 radical (unpaired) electrons. The average Bonchev–Trinajstić information content (AvgIpc) is 2.47. The van der Waals surface area contributed by atoms with Crippen molar-refractivity contribution in [1.29, 1.82) is 0 Å². The molecular weight excluding hydrogens is 228 g/mol. The summed E-state index contributed by atoms with van der Waals surface area (Å²) in [5, 5.41) is 20.4. The highest BCUT2D eigenvalue weighted by Gasteiger charge is 2.33. The van der Waals surface area contributed by atoms with Crippen LogP contribution in [0.1, 0.15) is 11.1 Å². The fraction of sp³-hybridized carbons (Fsp3) is 0.200. The lowest BCUT2D eigenvalue weighted by molar-refractivity contribution is 0.0154. The predicted octanol–water partition coefficient (Wildman–Crippen LogP) is 1.92. The number of benzene rings is 2. The highest BCUT2D eigenvalue weighted by molar-refractivity contribution is 5.44. The number of aliphatic hydroxyl groups is 2. The van der Waals surface area contributed by atoms with Gasteiger partial charge in [0.05, 0.1) is 13.7 Å². The predicted molar refractivity (Wildman–Crippen MR) is 69.5 cm³/mol. The van der Waals surface area contributed by atoms with Gasteiger partial charge in [-0.3, -0.25) is 0 Å². The summed E-state index contributed by atoms with van der Waals surface area (Å²) in [6.45, 7) is -0.405. The minimum atomic E-state index is -1.45. The molecule has 2 aromatic rings. The molecule has 0 aliphatic heterocycles. The van der Waals surface area contributed by atoms with Crippen LogP contribution >= 0.6 is 0 Å². The molecule has 0 bridgehead atoms. The normalized spacial score (nSPS) is 13.9. The van der Waals surface area contributed by atoms with Gasteiger partial charge in [-0.1, -0.05) is 48.5 Å². The maximum absolute atomic E-state index is 10.7. The van der Waals surface area contributed by atoms with Crippen LogP contribution in [-0.4, -0.2) is 23.9 Å². The van der Waals surface area contributed by atoms with Crippen molar-refractivity contribution in [1.82, 2.24) is 0 Å². The van der Waals surface area contributed by atoms with Crippen LogP contribution in [0.5, 0.6) is 5.75 Å². The lowest BCUT2D eigenvalue weighted by Crippen LogP contribution is -2.32. The van der Waals surface area contributed by atoms with Crippen LogP contribution in [-0.2, 0) is 5.60 Å². The minimum absolute atomic E-state index is 0.405. The SMILES string of the molecule is COc1ccccc1[C@](O)(CO)c1ccccc1. The summed E-state index contributed by atoms with van der Waals surface area (Å²) < 4.78 is 5.24. The van der Waals surface area contributed by atoms with Crippen LogP contribution in [0.3, 0.4) is 0 Å². The number of ether oxygens (including phenoxy) is 1. The van der Waals surface area contributed by atoms with Gasteiger partial charge in [0.1, 0.15) is 11.4 Å². The molecule has 3 nitrogen and oxygen atoms in total. The van der Waals surface area contributed by atoms with E-state index in [9.17, 15) is 10.2 Å². The fourth-order valence-corrected chi connectivity index (χ4v) is 2.03. The monoisotopic (exact) mass is 244 g/mol. The summed E-state index contributed by atoms with van der Waals surface area (Å²) in [5.41, 5.74) is -0.258. The molecule has 0 heterocycles. The molecule has 0 aliphatic carbocycles. The molecule has 2 rings (SSSR count). The molecule has 2 aromatic carbocycles. The van der Waals surface area contributed by atoms with Gasteiger partial charge in [-0.15, -0.1) is 0 Å². The number of hydrogen-bond donors (Lipinski definition) is 2. The van der Waals surface area contributed by atoms with Crippen molar-refractivity contribution in [2.45, 2.75) is 5.60 Å². The van der Waals surface area contributed by atoms with Crippen LogP contribution < -0.4 is 4.74 Å². The first-order valence-electron chi connectivity index (χ1n) is 5.74. The number of methoxy groups -OCH3 is 1.